The first-order chi connectivity index (χ1) is 9.67. The summed E-state index contributed by atoms with van der Waals surface area (Å²) in [6.07, 6.45) is 1.78. The molecule has 0 radical (unpaired) electrons. The van der Waals surface area contributed by atoms with Crippen molar-refractivity contribution in [3.63, 3.8) is 0 Å². The minimum atomic E-state index is -0.275. The normalized spacial score (nSPS) is 12.8. The van der Waals surface area contributed by atoms with E-state index in [0.29, 0.717) is 0 Å². The van der Waals surface area contributed by atoms with Crippen LogP contribution in [0.1, 0.15) is 22.7 Å². The third kappa shape index (κ3) is 2.43. The molecule has 0 saturated carbocycles. The Balaban J connectivity index is 2.07. The van der Waals surface area contributed by atoms with Crippen molar-refractivity contribution in [3.05, 3.63) is 64.4 Å². The van der Waals surface area contributed by atoms with Crippen LogP contribution < -0.4 is 11.3 Å². The summed E-state index contributed by atoms with van der Waals surface area (Å²) in [4.78, 5) is 4.40. The van der Waals surface area contributed by atoms with Crippen molar-refractivity contribution in [2.75, 3.05) is 0 Å². The van der Waals surface area contributed by atoms with Gasteiger partial charge in [0.2, 0.25) is 0 Å². The van der Waals surface area contributed by atoms with E-state index in [4.69, 9.17) is 5.84 Å². The molecule has 0 aliphatic heterocycles. The van der Waals surface area contributed by atoms with Crippen LogP contribution in [0, 0.1) is 12.7 Å². The number of nitrogens with one attached hydrogen (secondary N) is 1. The Morgan fingerprint density at radius 1 is 1.25 bits per heavy atom. The molecule has 0 saturated heterocycles. The number of rotatable bonds is 3. The zero-order valence-corrected chi connectivity index (χ0v) is 11.7. The maximum absolute atomic E-state index is 13.6. The summed E-state index contributed by atoms with van der Waals surface area (Å²) in [5.74, 6) is 5.40. The number of hydrazine groups is 1. The predicted molar refractivity (Wildman–Crippen MR) is 79.9 cm³/mol. The highest BCUT2D eigenvalue weighted by atomic mass is 32.1. The fourth-order valence-corrected chi connectivity index (χ4v) is 3.12. The SMILES string of the molecule is Cc1cc(F)cc(C(NN)c2cnc3ccsc3c2)c1. The Labute approximate surface area is 120 Å². The molecule has 3 nitrogen and oxygen atoms in total. The summed E-state index contributed by atoms with van der Waals surface area (Å²) in [5, 5.41) is 2.00. The summed E-state index contributed by atoms with van der Waals surface area (Å²) in [6, 6.07) is 8.65. The molecule has 3 N–H and O–H groups in total. The Bertz CT molecular complexity index is 733. The number of benzene rings is 1. The molecule has 0 amide bonds. The molecule has 0 aliphatic carbocycles. The summed E-state index contributed by atoms with van der Waals surface area (Å²) in [7, 11) is 0. The summed E-state index contributed by atoms with van der Waals surface area (Å²) >= 11 is 1.63. The first-order valence-corrected chi connectivity index (χ1v) is 7.12. The van der Waals surface area contributed by atoms with Gasteiger partial charge in [0, 0.05) is 6.20 Å². The van der Waals surface area contributed by atoms with E-state index in [1.807, 2.05) is 30.5 Å². The monoisotopic (exact) mass is 287 g/mol. The van der Waals surface area contributed by atoms with Gasteiger partial charge in [-0.05, 0) is 53.3 Å². The molecule has 1 aromatic carbocycles. The number of hydrogen-bond acceptors (Lipinski definition) is 4. The molecule has 0 bridgehead atoms. The lowest BCUT2D eigenvalue weighted by Gasteiger charge is -2.17. The minimum Gasteiger partial charge on any atom is -0.271 e. The van der Waals surface area contributed by atoms with Gasteiger partial charge in [0.25, 0.3) is 0 Å². The van der Waals surface area contributed by atoms with Crippen molar-refractivity contribution in [3.8, 4) is 0 Å². The van der Waals surface area contributed by atoms with Crippen LogP contribution in [0.15, 0.2) is 41.9 Å². The van der Waals surface area contributed by atoms with Crippen LogP contribution in [-0.2, 0) is 0 Å². The molecule has 5 heteroatoms. The number of pyridine rings is 1. The number of hydrogen-bond donors (Lipinski definition) is 2. The molecule has 1 atom stereocenters. The van der Waals surface area contributed by atoms with Crippen LogP contribution in [0.4, 0.5) is 4.39 Å². The molecule has 102 valence electrons. The highest BCUT2D eigenvalue weighted by Gasteiger charge is 2.15. The molecular formula is C15H14FN3S. The fourth-order valence-electron chi connectivity index (χ4n) is 2.34. The van der Waals surface area contributed by atoms with Gasteiger partial charge in [-0.3, -0.25) is 10.8 Å². The van der Waals surface area contributed by atoms with Crippen LogP contribution in [0.25, 0.3) is 10.2 Å². The maximum atomic E-state index is 13.6. The average molecular weight is 287 g/mol. The number of fused-ring (bicyclic) bond motifs is 1. The van der Waals surface area contributed by atoms with Crippen LogP contribution in [0.3, 0.4) is 0 Å². The van der Waals surface area contributed by atoms with E-state index in [1.165, 1.54) is 12.1 Å². The topological polar surface area (TPSA) is 50.9 Å². The molecule has 0 aliphatic rings. The van der Waals surface area contributed by atoms with Gasteiger partial charge in [0.05, 0.1) is 16.3 Å². The maximum Gasteiger partial charge on any atom is 0.123 e. The molecule has 2 heterocycles. The zero-order chi connectivity index (χ0) is 14.1. The first-order valence-electron chi connectivity index (χ1n) is 6.24. The van der Waals surface area contributed by atoms with E-state index < -0.39 is 0 Å². The van der Waals surface area contributed by atoms with Gasteiger partial charge in [0.1, 0.15) is 5.82 Å². The fraction of sp³-hybridized carbons (Fsp3) is 0.133. The number of nitrogens with zero attached hydrogens (tertiary/aromatic N) is 1. The lowest BCUT2D eigenvalue weighted by Crippen LogP contribution is -2.29. The van der Waals surface area contributed by atoms with Crippen molar-refractivity contribution in [2.45, 2.75) is 13.0 Å². The molecule has 3 aromatic rings. The number of nitrogens with two attached hydrogens (primary N) is 1. The third-order valence-electron chi connectivity index (χ3n) is 3.22. The van der Waals surface area contributed by atoms with E-state index in [2.05, 4.69) is 10.4 Å². The molecule has 2 aromatic heterocycles. The summed E-state index contributed by atoms with van der Waals surface area (Å²) in [5.41, 5.74) is 6.29. The number of aromatic nitrogens is 1. The Kier molecular flexibility index (Phi) is 3.48. The van der Waals surface area contributed by atoms with Gasteiger partial charge >= 0.3 is 0 Å². The second kappa shape index (κ2) is 5.28. The van der Waals surface area contributed by atoms with Gasteiger partial charge < -0.3 is 0 Å². The molecule has 1 unspecified atom stereocenters. The van der Waals surface area contributed by atoms with E-state index in [-0.39, 0.29) is 11.9 Å². The molecule has 0 spiro atoms. The standard InChI is InChI=1S/C15H14FN3S/c1-9-4-10(6-12(16)5-9)15(19-17)11-7-14-13(18-8-11)2-3-20-14/h2-8,15,19H,17H2,1H3. The van der Waals surface area contributed by atoms with Gasteiger partial charge in [-0.2, -0.15) is 0 Å². The van der Waals surface area contributed by atoms with E-state index in [0.717, 1.165) is 26.9 Å². The molecule has 3 rings (SSSR count). The second-order valence-electron chi connectivity index (χ2n) is 4.73. The van der Waals surface area contributed by atoms with Crippen molar-refractivity contribution < 1.29 is 4.39 Å². The zero-order valence-electron chi connectivity index (χ0n) is 10.9. The third-order valence-corrected chi connectivity index (χ3v) is 4.07. The van der Waals surface area contributed by atoms with E-state index in [1.54, 1.807) is 17.5 Å². The minimum absolute atomic E-state index is 0.259. The van der Waals surface area contributed by atoms with E-state index >= 15 is 0 Å². The molecule has 0 fully saturated rings. The van der Waals surface area contributed by atoms with Crippen LogP contribution in [0.5, 0.6) is 0 Å². The number of thiophene rings is 1. The van der Waals surface area contributed by atoms with Crippen LogP contribution >= 0.6 is 11.3 Å². The Hall–Kier alpha value is -1.82. The smallest absolute Gasteiger partial charge is 0.123 e. The van der Waals surface area contributed by atoms with Crippen molar-refractivity contribution in [1.82, 2.24) is 10.4 Å². The summed E-state index contributed by atoms with van der Waals surface area (Å²) < 4.78 is 14.7. The first kappa shape index (κ1) is 13.2. The molecule has 20 heavy (non-hydrogen) atoms. The average Bonchev–Trinajstić information content (AvgIpc) is 2.86. The van der Waals surface area contributed by atoms with Crippen molar-refractivity contribution in [1.29, 1.82) is 0 Å². The number of halogens is 1. The highest BCUT2D eigenvalue weighted by Crippen LogP contribution is 2.27. The van der Waals surface area contributed by atoms with Gasteiger partial charge in [-0.15, -0.1) is 11.3 Å². The molecular weight excluding hydrogens is 273 g/mol. The quantitative estimate of drug-likeness (QED) is 0.574. The van der Waals surface area contributed by atoms with Gasteiger partial charge in [-0.25, -0.2) is 9.82 Å². The largest absolute Gasteiger partial charge is 0.271 e. The van der Waals surface area contributed by atoms with Crippen molar-refractivity contribution in [2.24, 2.45) is 5.84 Å². The highest BCUT2D eigenvalue weighted by molar-refractivity contribution is 7.17. The Morgan fingerprint density at radius 2 is 2.10 bits per heavy atom. The van der Waals surface area contributed by atoms with Crippen molar-refractivity contribution >= 4 is 21.6 Å². The lowest BCUT2D eigenvalue weighted by molar-refractivity contribution is 0.603. The second-order valence-corrected chi connectivity index (χ2v) is 5.68. The van der Waals surface area contributed by atoms with Crippen LogP contribution in [0.2, 0.25) is 0 Å². The predicted octanol–water partition coefficient (Wildman–Crippen LogP) is 3.30. The number of aryl methyl sites for hydroxylation is 1. The van der Waals surface area contributed by atoms with Crippen LogP contribution in [-0.4, -0.2) is 4.98 Å². The van der Waals surface area contributed by atoms with Gasteiger partial charge in [-0.1, -0.05) is 6.07 Å². The summed E-state index contributed by atoms with van der Waals surface area (Å²) in [6.45, 7) is 1.86. The lowest BCUT2D eigenvalue weighted by atomic mass is 9.99. The Morgan fingerprint density at radius 3 is 2.85 bits per heavy atom. The van der Waals surface area contributed by atoms with E-state index in [9.17, 15) is 4.39 Å². The van der Waals surface area contributed by atoms with Gasteiger partial charge in [0.15, 0.2) is 0 Å².